The van der Waals surface area contributed by atoms with E-state index < -0.39 is 0 Å². The van der Waals surface area contributed by atoms with Gasteiger partial charge in [-0.05, 0) is 43.3 Å². The summed E-state index contributed by atoms with van der Waals surface area (Å²) >= 11 is 0. The van der Waals surface area contributed by atoms with Crippen molar-refractivity contribution < 1.29 is 9.47 Å². The van der Waals surface area contributed by atoms with Crippen LogP contribution >= 0.6 is 0 Å². The molecular formula is C18H21N3O2. The molecule has 1 aliphatic heterocycles. The van der Waals surface area contributed by atoms with E-state index in [1.54, 1.807) is 0 Å². The van der Waals surface area contributed by atoms with Crippen molar-refractivity contribution in [2.45, 2.75) is 13.0 Å². The van der Waals surface area contributed by atoms with E-state index in [4.69, 9.17) is 15.2 Å². The molecule has 3 rings (SSSR count). The Kier molecular flexibility index (Phi) is 4.66. The first kappa shape index (κ1) is 15.2. The minimum absolute atomic E-state index is 0.0928. The molecule has 5 heteroatoms. The van der Waals surface area contributed by atoms with Crippen LogP contribution in [-0.2, 0) is 4.74 Å². The highest BCUT2D eigenvalue weighted by Gasteiger charge is 2.19. The zero-order valence-electron chi connectivity index (χ0n) is 13.2. The summed E-state index contributed by atoms with van der Waals surface area (Å²) in [5.41, 5.74) is 6.70. The molecule has 2 N–H and O–H groups in total. The van der Waals surface area contributed by atoms with Crippen molar-refractivity contribution in [3.05, 3.63) is 54.6 Å². The van der Waals surface area contributed by atoms with Crippen molar-refractivity contribution in [1.29, 1.82) is 0 Å². The van der Waals surface area contributed by atoms with Gasteiger partial charge in [0, 0.05) is 18.8 Å². The molecule has 0 aliphatic carbocycles. The van der Waals surface area contributed by atoms with Crippen molar-refractivity contribution in [3.8, 4) is 11.5 Å². The number of para-hydroxylation sites is 1. The van der Waals surface area contributed by atoms with E-state index in [9.17, 15) is 0 Å². The quantitative estimate of drug-likeness (QED) is 0.891. The van der Waals surface area contributed by atoms with Gasteiger partial charge >= 0.3 is 0 Å². The van der Waals surface area contributed by atoms with Gasteiger partial charge in [-0.3, -0.25) is 0 Å². The molecule has 23 heavy (non-hydrogen) atoms. The lowest BCUT2D eigenvalue weighted by molar-refractivity contribution is 0.313. The third kappa shape index (κ3) is 3.94. The van der Waals surface area contributed by atoms with Gasteiger partial charge < -0.3 is 20.1 Å². The normalized spacial score (nSPS) is 16.6. The smallest absolute Gasteiger partial charge is 0.282 e. The highest BCUT2D eigenvalue weighted by Crippen LogP contribution is 2.24. The fraction of sp³-hybridized carbons (Fsp3) is 0.278. The van der Waals surface area contributed by atoms with Crippen LogP contribution in [0.3, 0.4) is 0 Å². The molecule has 0 radical (unpaired) electrons. The summed E-state index contributed by atoms with van der Waals surface area (Å²) in [7, 11) is 0. The van der Waals surface area contributed by atoms with Crippen LogP contribution < -0.4 is 15.4 Å². The van der Waals surface area contributed by atoms with Crippen molar-refractivity contribution in [3.63, 3.8) is 0 Å². The molecule has 1 heterocycles. The lowest BCUT2D eigenvalue weighted by atomic mass is 10.2. The molecule has 1 unspecified atom stereocenters. The monoisotopic (exact) mass is 311 g/mol. The third-order valence-corrected chi connectivity index (χ3v) is 3.73. The lowest BCUT2D eigenvalue weighted by Crippen LogP contribution is -2.32. The van der Waals surface area contributed by atoms with Gasteiger partial charge in [-0.2, -0.15) is 0 Å². The summed E-state index contributed by atoms with van der Waals surface area (Å²) in [4.78, 5) is 6.53. The van der Waals surface area contributed by atoms with E-state index in [1.165, 1.54) is 0 Å². The van der Waals surface area contributed by atoms with Crippen molar-refractivity contribution in [2.24, 2.45) is 10.7 Å². The molecule has 2 aromatic rings. The highest BCUT2D eigenvalue weighted by molar-refractivity contribution is 5.73. The summed E-state index contributed by atoms with van der Waals surface area (Å²) in [6, 6.07) is 18.2. The van der Waals surface area contributed by atoms with Crippen LogP contribution in [-0.4, -0.2) is 31.8 Å². The van der Waals surface area contributed by atoms with Gasteiger partial charge in [0.1, 0.15) is 24.1 Å². The van der Waals surface area contributed by atoms with E-state index >= 15 is 0 Å². The van der Waals surface area contributed by atoms with Crippen LogP contribution in [0.25, 0.3) is 0 Å². The number of hydrogen-bond acceptors (Lipinski definition) is 5. The zero-order chi connectivity index (χ0) is 16.1. The number of nitrogens with zero attached hydrogens (tertiary/aromatic N) is 2. The number of aliphatic imine (C=N–C) groups is 1. The number of benzene rings is 2. The first-order valence-electron chi connectivity index (χ1n) is 7.78. The minimum atomic E-state index is 0.0928. The molecule has 0 amide bonds. The van der Waals surface area contributed by atoms with Crippen molar-refractivity contribution in [2.75, 3.05) is 24.6 Å². The summed E-state index contributed by atoms with van der Waals surface area (Å²) < 4.78 is 11.0. The third-order valence-electron chi connectivity index (χ3n) is 3.73. The lowest BCUT2D eigenvalue weighted by Gasteiger charge is -2.24. The number of likely N-dealkylation sites (N-methyl/N-ethyl adjacent to an activating group) is 1. The molecule has 0 spiro atoms. The fourth-order valence-electron chi connectivity index (χ4n) is 2.55. The van der Waals surface area contributed by atoms with Gasteiger partial charge in [-0.25, -0.2) is 4.99 Å². The van der Waals surface area contributed by atoms with Crippen molar-refractivity contribution in [1.82, 2.24) is 0 Å². The number of anilines is 1. The number of hydrogen-bond donors (Lipinski definition) is 1. The summed E-state index contributed by atoms with van der Waals surface area (Å²) in [6.07, 6.45) is 0. The number of nitrogens with two attached hydrogens (primary N) is 1. The minimum Gasteiger partial charge on any atom is -0.463 e. The molecule has 1 atom stereocenters. The SMILES string of the molecule is CCN(CC1COC(N)=N1)c1ccc(Oc2ccccc2)cc1. The van der Waals surface area contributed by atoms with Crippen LogP contribution in [0.1, 0.15) is 6.92 Å². The molecule has 0 saturated heterocycles. The molecule has 0 saturated carbocycles. The maximum atomic E-state index is 5.82. The molecule has 0 fully saturated rings. The molecule has 0 aromatic heterocycles. The van der Waals surface area contributed by atoms with Crippen LogP contribution in [0.2, 0.25) is 0 Å². The average molecular weight is 311 g/mol. The Morgan fingerprint density at radius 3 is 2.43 bits per heavy atom. The Labute approximate surface area is 136 Å². The molecular weight excluding hydrogens is 290 g/mol. The van der Waals surface area contributed by atoms with Gasteiger partial charge in [0.05, 0.1) is 0 Å². The second kappa shape index (κ2) is 7.05. The van der Waals surface area contributed by atoms with Gasteiger partial charge in [0.2, 0.25) is 0 Å². The van der Waals surface area contributed by atoms with Crippen LogP contribution in [0.15, 0.2) is 59.6 Å². The standard InChI is InChI=1S/C18H21N3O2/c1-2-21(12-14-13-22-18(19)20-14)15-8-10-17(11-9-15)23-16-6-4-3-5-7-16/h3-11,14H,2,12-13H2,1H3,(H2,19,20). The number of rotatable bonds is 6. The Balaban J connectivity index is 1.65. The Morgan fingerprint density at radius 2 is 1.83 bits per heavy atom. The average Bonchev–Trinajstić information content (AvgIpc) is 3.00. The number of ether oxygens (including phenoxy) is 2. The van der Waals surface area contributed by atoms with Crippen LogP contribution in [0.4, 0.5) is 5.69 Å². The first-order chi connectivity index (χ1) is 11.2. The van der Waals surface area contributed by atoms with Gasteiger partial charge in [-0.1, -0.05) is 18.2 Å². The summed E-state index contributed by atoms with van der Waals surface area (Å²) in [5.74, 6) is 1.66. The van der Waals surface area contributed by atoms with E-state index in [0.29, 0.717) is 6.61 Å². The van der Waals surface area contributed by atoms with Gasteiger partial charge in [0.15, 0.2) is 0 Å². The Bertz CT molecular complexity index is 656. The molecule has 0 bridgehead atoms. The summed E-state index contributed by atoms with van der Waals surface area (Å²) in [5, 5.41) is 0. The second-order valence-corrected chi connectivity index (χ2v) is 5.38. The van der Waals surface area contributed by atoms with Crippen LogP contribution in [0.5, 0.6) is 11.5 Å². The number of amidine groups is 1. The fourth-order valence-corrected chi connectivity index (χ4v) is 2.55. The van der Waals surface area contributed by atoms with Crippen LogP contribution in [0, 0.1) is 0 Å². The Hall–Kier alpha value is -2.69. The topological polar surface area (TPSA) is 60.1 Å². The van der Waals surface area contributed by atoms with E-state index in [1.807, 2.05) is 42.5 Å². The zero-order valence-corrected chi connectivity index (χ0v) is 13.2. The summed E-state index contributed by atoms with van der Waals surface area (Å²) in [6.45, 7) is 4.36. The molecule has 120 valence electrons. The first-order valence-corrected chi connectivity index (χ1v) is 7.78. The largest absolute Gasteiger partial charge is 0.463 e. The van der Waals surface area contributed by atoms with E-state index in [-0.39, 0.29) is 12.1 Å². The van der Waals surface area contributed by atoms with Crippen molar-refractivity contribution >= 4 is 11.7 Å². The maximum absolute atomic E-state index is 5.82. The highest BCUT2D eigenvalue weighted by atomic mass is 16.5. The van der Waals surface area contributed by atoms with E-state index in [0.717, 1.165) is 30.3 Å². The molecule has 5 nitrogen and oxygen atoms in total. The maximum Gasteiger partial charge on any atom is 0.282 e. The molecule has 1 aliphatic rings. The van der Waals surface area contributed by atoms with Gasteiger partial charge in [0.25, 0.3) is 6.02 Å². The van der Waals surface area contributed by atoms with E-state index in [2.05, 4.69) is 28.9 Å². The Morgan fingerprint density at radius 1 is 1.13 bits per heavy atom. The predicted molar refractivity (Wildman–Crippen MR) is 92.2 cm³/mol. The predicted octanol–water partition coefficient (Wildman–Crippen LogP) is 3.02. The molecule has 2 aromatic carbocycles. The van der Waals surface area contributed by atoms with Gasteiger partial charge in [-0.15, -0.1) is 0 Å². The second-order valence-electron chi connectivity index (χ2n) is 5.38.